The second-order valence-corrected chi connectivity index (χ2v) is 8.28. The molecule has 1 atom stereocenters. The van der Waals surface area contributed by atoms with Gasteiger partial charge in [-0.2, -0.15) is 0 Å². The number of benzene rings is 1. The Morgan fingerprint density at radius 2 is 2.05 bits per heavy atom. The second-order valence-electron chi connectivity index (χ2n) is 5.18. The topological polar surface area (TPSA) is 54.5 Å². The zero-order valence-corrected chi connectivity index (χ0v) is 14.7. The van der Waals surface area contributed by atoms with Gasteiger partial charge in [0.15, 0.2) is 0 Å². The van der Waals surface area contributed by atoms with Gasteiger partial charge in [-0.25, -0.2) is 12.8 Å². The van der Waals surface area contributed by atoms with E-state index in [-0.39, 0.29) is 30.3 Å². The molecule has 0 saturated carbocycles. The lowest BCUT2D eigenvalue weighted by atomic mass is 10.1. The molecule has 0 spiro atoms. The molecule has 0 aliphatic heterocycles. The molecule has 0 saturated heterocycles. The monoisotopic (exact) mass is 379 g/mol. The lowest BCUT2D eigenvalue weighted by Crippen LogP contribution is -2.39. The Balaban J connectivity index is 2.60. The van der Waals surface area contributed by atoms with Crippen molar-refractivity contribution in [2.24, 2.45) is 0 Å². The maximum Gasteiger partial charge on any atom is 0.222 e. The Morgan fingerprint density at radius 3 is 2.57 bits per heavy atom. The lowest BCUT2D eigenvalue weighted by Gasteiger charge is -2.24. The van der Waals surface area contributed by atoms with Crippen molar-refractivity contribution < 1.29 is 17.6 Å². The Bertz CT molecular complexity index is 619. The van der Waals surface area contributed by atoms with E-state index in [1.54, 1.807) is 26.1 Å². The zero-order valence-electron chi connectivity index (χ0n) is 12.3. The molecule has 0 aliphatic carbocycles. The minimum Gasteiger partial charge on any atom is -0.342 e. The number of amides is 1. The maximum absolute atomic E-state index is 13.6. The highest BCUT2D eigenvalue weighted by atomic mass is 79.9. The molecular weight excluding hydrogens is 361 g/mol. The van der Waals surface area contributed by atoms with Gasteiger partial charge in [0.25, 0.3) is 0 Å². The average molecular weight is 380 g/mol. The summed E-state index contributed by atoms with van der Waals surface area (Å²) < 4.78 is 36.8. The van der Waals surface area contributed by atoms with Gasteiger partial charge >= 0.3 is 0 Å². The minimum atomic E-state index is -3.14. The molecular formula is C14H19BrFNO3S. The molecule has 7 heteroatoms. The summed E-state index contributed by atoms with van der Waals surface area (Å²) in [6.07, 6.45) is 1.57. The first-order valence-electron chi connectivity index (χ1n) is 6.47. The summed E-state index contributed by atoms with van der Waals surface area (Å²) in [5.74, 6) is -0.639. The fraction of sp³-hybridized carbons (Fsp3) is 0.500. The first kappa shape index (κ1) is 18.1. The van der Waals surface area contributed by atoms with Crippen molar-refractivity contribution in [1.29, 1.82) is 0 Å². The Hall–Kier alpha value is -0.950. The standard InChI is InChI=1S/C14H19BrFNO3S/c1-10(9-21(3,19)20)17(2)14(18)7-5-11-4-6-12(15)8-13(11)16/h4,6,8,10H,5,7,9H2,1-3H3. The smallest absolute Gasteiger partial charge is 0.222 e. The number of rotatable bonds is 6. The van der Waals surface area contributed by atoms with Crippen LogP contribution in [0.25, 0.3) is 0 Å². The van der Waals surface area contributed by atoms with Crippen molar-refractivity contribution in [2.45, 2.75) is 25.8 Å². The Morgan fingerprint density at radius 1 is 1.43 bits per heavy atom. The van der Waals surface area contributed by atoms with Crippen LogP contribution in [0.1, 0.15) is 18.9 Å². The number of carbonyl (C=O) groups excluding carboxylic acids is 1. The van der Waals surface area contributed by atoms with Crippen LogP contribution in [-0.4, -0.2) is 44.3 Å². The lowest BCUT2D eigenvalue weighted by molar-refractivity contribution is -0.131. The zero-order chi connectivity index (χ0) is 16.2. The van der Waals surface area contributed by atoms with Gasteiger partial charge in [-0.15, -0.1) is 0 Å². The molecule has 0 bridgehead atoms. The van der Waals surface area contributed by atoms with Gasteiger partial charge in [-0.05, 0) is 31.0 Å². The van der Waals surface area contributed by atoms with Crippen LogP contribution in [0.3, 0.4) is 0 Å². The van der Waals surface area contributed by atoms with Crippen LogP contribution < -0.4 is 0 Å². The largest absolute Gasteiger partial charge is 0.342 e. The third-order valence-corrected chi connectivity index (χ3v) is 4.80. The summed E-state index contributed by atoms with van der Waals surface area (Å²) in [7, 11) is -1.57. The van der Waals surface area contributed by atoms with Gasteiger partial charge in [0.05, 0.1) is 5.75 Å². The molecule has 1 amide bonds. The maximum atomic E-state index is 13.6. The molecule has 0 radical (unpaired) electrons. The van der Waals surface area contributed by atoms with Crippen molar-refractivity contribution in [3.05, 3.63) is 34.1 Å². The van der Waals surface area contributed by atoms with Crippen LogP contribution >= 0.6 is 15.9 Å². The van der Waals surface area contributed by atoms with Crippen molar-refractivity contribution >= 4 is 31.7 Å². The number of sulfone groups is 1. The van der Waals surface area contributed by atoms with Gasteiger partial charge < -0.3 is 4.90 Å². The van der Waals surface area contributed by atoms with Gasteiger partial charge in [-0.1, -0.05) is 22.0 Å². The quantitative estimate of drug-likeness (QED) is 0.762. The third kappa shape index (κ3) is 6.13. The number of aryl methyl sites for hydroxylation is 1. The van der Waals surface area contributed by atoms with E-state index in [9.17, 15) is 17.6 Å². The summed E-state index contributed by atoms with van der Waals surface area (Å²) in [4.78, 5) is 13.4. The molecule has 0 aromatic heterocycles. The molecule has 0 heterocycles. The van der Waals surface area contributed by atoms with E-state index >= 15 is 0 Å². The highest BCUT2D eigenvalue weighted by molar-refractivity contribution is 9.10. The van der Waals surface area contributed by atoms with Crippen molar-refractivity contribution in [2.75, 3.05) is 19.1 Å². The fourth-order valence-corrected chi connectivity index (χ4v) is 3.37. The molecule has 21 heavy (non-hydrogen) atoms. The van der Waals surface area contributed by atoms with Crippen LogP contribution in [0.15, 0.2) is 22.7 Å². The van der Waals surface area contributed by atoms with E-state index in [2.05, 4.69) is 15.9 Å². The van der Waals surface area contributed by atoms with Crippen LogP contribution in [0.4, 0.5) is 4.39 Å². The molecule has 0 N–H and O–H groups in total. The van der Waals surface area contributed by atoms with E-state index in [1.165, 1.54) is 11.0 Å². The number of carbonyl (C=O) groups is 1. The molecule has 1 aromatic rings. The molecule has 1 unspecified atom stereocenters. The molecule has 0 aliphatic rings. The summed E-state index contributed by atoms with van der Waals surface area (Å²) in [6, 6.07) is 4.31. The normalized spacial score (nSPS) is 13.0. The van der Waals surface area contributed by atoms with Gasteiger partial charge in [0, 0.05) is 30.2 Å². The first-order chi connectivity index (χ1) is 9.60. The third-order valence-electron chi connectivity index (χ3n) is 3.22. The minimum absolute atomic E-state index is 0.0815. The number of hydrogen-bond acceptors (Lipinski definition) is 3. The van der Waals surface area contributed by atoms with Crippen molar-refractivity contribution in [1.82, 2.24) is 4.90 Å². The summed E-state index contributed by atoms with van der Waals surface area (Å²) in [5.41, 5.74) is 0.468. The molecule has 4 nitrogen and oxygen atoms in total. The molecule has 118 valence electrons. The fourth-order valence-electron chi connectivity index (χ4n) is 1.94. The Kier molecular flexibility index (Phi) is 6.34. The highest BCUT2D eigenvalue weighted by Gasteiger charge is 2.19. The van der Waals surface area contributed by atoms with Gasteiger partial charge in [0.1, 0.15) is 15.7 Å². The van der Waals surface area contributed by atoms with Crippen LogP contribution in [0.5, 0.6) is 0 Å². The second kappa shape index (κ2) is 7.35. The summed E-state index contributed by atoms with van der Waals surface area (Å²) in [6.45, 7) is 1.68. The number of halogens is 2. The van der Waals surface area contributed by atoms with E-state index in [0.29, 0.717) is 10.0 Å². The molecule has 1 aromatic carbocycles. The first-order valence-corrected chi connectivity index (χ1v) is 9.33. The Labute approximate surface area is 133 Å². The van der Waals surface area contributed by atoms with Gasteiger partial charge in [0.2, 0.25) is 5.91 Å². The van der Waals surface area contributed by atoms with Crippen LogP contribution in [-0.2, 0) is 21.1 Å². The number of hydrogen-bond donors (Lipinski definition) is 0. The highest BCUT2D eigenvalue weighted by Crippen LogP contribution is 2.17. The van der Waals surface area contributed by atoms with E-state index < -0.39 is 15.9 Å². The van der Waals surface area contributed by atoms with Crippen LogP contribution in [0.2, 0.25) is 0 Å². The summed E-state index contributed by atoms with van der Waals surface area (Å²) >= 11 is 3.17. The predicted octanol–water partition coefficient (Wildman–Crippen LogP) is 2.41. The molecule has 0 fully saturated rings. The molecule has 1 rings (SSSR count). The van der Waals surface area contributed by atoms with E-state index in [1.807, 2.05) is 0 Å². The van der Waals surface area contributed by atoms with Crippen molar-refractivity contribution in [3.63, 3.8) is 0 Å². The van der Waals surface area contributed by atoms with E-state index in [4.69, 9.17) is 0 Å². The number of nitrogens with zero attached hydrogens (tertiary/aromatic N) is 1. The van der Waals surface area contributed by atoms with Crippen molar-refractivity contribution in [3.8, 4) is 0 Å². The van der Waals surface area contributed by atoms with Gasteiger partial charge in [-0.3, -0.25) is 4.79 Å². The SMILES string of the molecule is CC(CS(C)(=O)=O)N(C)C(=O)CCc1ccc(Br)cc1F. The predicted molar refractivity (Wildman–Crippen MR) is 84.4 cm³/mol. The average Bonchev–Trinajstić information content (AvgIpc) is 2.34. The summed E-state index contributed by atoms with van der Waals surface area (Å²) in [5, 5.41) is 0. The van der Waals surface area contributed by atoms with Crippen LogP contribution in [0, 0.1) is 5.82 Å². The van der Waals surface area contributed by atoms with E-state index in [0.717, 1.165) is 6.26 Å².